The molecule has 0 saturated heterocycles. The minimum atomic E-state index is -3.90. The number of rotatable bonds is 6. The first-order chi connectivity index (χ1) is 12.4. The maximum absolute atomic E-state index is 13.1. The third kappa shape index (κ3) is 3.05. The Morgan fingerprint density at radius 1 is 1.00 bits per heavy atom. The topological polar surface area (TPSA) is 74.6 Å². The quantitative estimate of drug-likeness (QED) is 0.490. The van der Waals surface area contributed by atoms with E-state index in [9.17, 15) is 13.2 Å². The molecule has 6 nitrogen and oxygen atoms in total. The van der Waals surface area contributed by atoms with E-state index in [1.807, 2.05) is 6.92 Å². The molecule has 0 amide bonds. The fraction of sp³-hybridized carbons (Fsp3) is 0.211. The van der Waals surface area contributed by atoms with Crippen LogP contribution in [0.3, 0.4) is 0 Å². The van der Waals surface area contributed by atoms with Gasteiger partial charge in [-0.25, -0.2) is 12.4 Å². The molecule has 1 heterocycles. The van der Waals surface area contributed by atoms with Gasteiger partial charge in [0, 0.05) is 25.2 Å². The lowest BCUT2D eigenvalue weighted by Gasteiger charge is -2.14. The van der Waals surface area contributed by atoms with Crippen molar-refractivity contribution in [3.63, 3.8) is 0 Å². The van der Waals surface area contributed by atoms with E-state index in [1.54, 1.807) is 36.4 Å². The number of ether oxygens (including phenoxy) is 2. The zero-order valence-electron chi connectivity index (χ0n) is 14.7. The van der Waals surface area contributed by atoms with Crippen LogP contribution in [-0.4, -0.2) is 32.9 Å². The van der Waals surface area contributed by atoms with Gasteiger partial charge in [0.25, 0.3) is 10.0 Å². The first-order valence-electron chi connectivity index (χ1n) is 7.90. The predicted molar refractivity (Wildman–Crippen MR) is 97.8 cm³/mol. The van der Waals surface area contributed by atoms with Crippen molar-refractivity contribution in [3.8, 4) is 0 Å². The highest BCUT2D eigenvalue weighted by Gasteiger charge is 2.23. The van der Waals surface area contributed by atoms with E-state index in [0.717, 1.165) is 15.1 Å². The number of aryl methyl sites for hydroxylation is 1. The van der Waals surface area contributed by atoms with Crippen molar-refractivity contribution in [2.45, 2.75) is 18.1 Å². The van der Waals surface area contributed by atoms with Crippen molar-refractivity contribution >= 4 is 27.2 Å². The van der Waals surface area contributed by atoms with E-state index in [-0.39, 0.29) is 10.6 Å². The highest BCUT2D eigenvalue weighted by Crippen LogP contribution is 2.28. The Morgan fingerprint density at radius 2 is 1.65 bits per heavy atom. The molecule has 0 spiro atoms. The van der Waals surface area contributed by atoms with Crippen LogP contribution >= 0.6 is 0 Å². The molecule has 0 radical (unpaired) electrons. The number of nitrogens with zero attached hydrogens (tertiary/aromatic N) is 1. The molecule has 0 atom stereocenters. The van der Waals surface area contributed by atoms with Crippen LogP contribution in [0.4, 0.5) is 0 Å². The lowest BCUT2D eigenvalue weighted by atomic mass is 10.1. The first-order valence-corrected chi connectivity index (χ1v) is 9.35. The maximum Gasteiger partial charge on any atom is 0.268 e. The van der Waals surface area contributed by atoms with Crippen molar-refractivity contribution in [2.24, 2.45) is 0 Å². The molecule has 0 saturated carbocycles. The number of aromatic nitrogens is 1. The van der Waals surface area contributed by atoms with Crippen LogP contribution in [-0.2, 0) is 19.5 Å². The number of benzene rings is 2. The molecule has 2 aromatic carbocycles. The molecule has 26 heavy (non-hydrogen) atoms. The van der Waals surface area contributed by atoms with Gasteiger partial charge >= 0.3 is 0 Å². The van der Waals surface area contributed by atoms with E-state index in [1.165, 1.54) is 26.4 Å². The van der Waals surface area contributed by atoms with Crippen LogP contribution in [0.5, 0.6) is 0 Å². The summed E-state index contributed by atoms with van der Waals surface area (Å²) in [6.45, 7) is 1.88. The Labute approximate surface area is 152 Å². The van der Waals surface area contributed by atoms with Gasteiger partial charge in [0.15, 0.2) is 12.6 Å². The normalized spacial score (nSPS) is 12.0. The smallest absolute Gasteiger partial charge is 0.268 e. The largest absolute Gasteiger partial charge is 0.352 e. The summed E-state index contributed by atoms with van der Waals surface area (Å²) in [5, 5.41) is 0.611. The fourth-order valence-corrected chi connectivity index (χ4v) is 4.40. The van der Waals surface area contributed by atoms with Crippen LogP contribution in [0.1, 0.15) is 27.9 Å². The summed E-state index contributed by atoms with van der Waals surface area (Å²) in [4.78, 5) is 11.7. The van der Waals surface area contributed by atoms with Gasteiger partial charge in [-0.2, -0.15) is 0 Å². The lowest BCUT2D eigenvalue weighted by molar-refractivity contribution is -0.105. The second-order valence-electron chi connectivity index (χ2n) is 5.89. The lowest BCUT2D eigenvalue weighted by Crippen LogP contribution is -2.15. The maximum atomic E-state index is 13.1. The highest BCUT2D eigenvalue weighted by atomic mass is 32.2. The van der Waals surface area contributed by atoms with Gasteiger partial charge in [0.2, 0.25) is 0 Å². The Balaban J connectivity index is 2.22. The molecular formula is C19H19NO5S. The molecule has 0 unspecified atom stereocenters. The van der Waals surface area contributed by atoms with Crippen molar-refractivity contribution in [2.75, 3.05) is 14.2 Å². The summed E-state index contributed by atoms with van der Waals surface area (Å²) >= 11 is 0. The van der Waals surface area contributed by atoms with Gasteiger partial charge in [-0.05, 0) is 37.3 Å². The van der Waals surface area contributed by atoms with E-state index >= 15 is 0 Å². The van der Waals surface area contributed by atoms with Crippen LogP contribution < -0.4 is 0 Å². The average molecular weight is 373 g/mol. The Morgan fingerprint density at radius 3 is 2.23 bits per heavy atom. The molecular weight excluding hydrogens is 354 g/mol. The SMILES string of the molecule is COC(OC)c1ccc2c(c1)cc(C=O)n2S(=O)(=O)c1ccc(C)cc1. The summed E-state index contributed by atoms with van der Waals surface area (Å²) in [5.41, 5.74) is 2.16. The van der Waals surface area contributed by atoms with Gasteiger partial charge < -0.3 is 9.47 Å². The van der Waals surface area contributed by atoms with Crippen LogP contribution in [0.2, 0.25) is 0 Å². The van der Waals surface area contributed by atoms with Gasteiger partial charge in [0.05, 0.1) is 16.1 Å². The molecule has 0 aliphatic carbocycles. The molecule has 3 rings (SSSR count). The molecule has 1 aromatic heterocycles. The number of carbonyl (C=O) groups is 1. The Hall–Kier alpha value is -2.48. The van der Waals surface area contributed by atoms with Crippen LogP contribution in [0.25, 0.3) is 10.9 Å². The first kappa shape index (κ1) is 18.3. The van der Waals surface area contributed by atoms with Crippen LogP contribution in [0.15, 0.2) is 53.4 Å². The number of carbonyl (C=O) groups excluding carboxylic acids is 1. The van der Waals surface area contributed by atoms with Gasteiger partial charge in [0.1, 0.15) is 0 Å². The third-order valence-corrected chi connectivity index (χ3v) is 5.94. The Bertz CT molecular complexity index is 1050. The van der Waals surface area contributed by atoms with Crippen molar-refractivity contribution < 1.29 is 22.7 Å². The highest BCUT2D eigenvalue weighted by molar-refractivity contribution is 7.90. The monoisotopic (exact) mass is 373 g/mol. The number of methoxy groups -OCH3 is 2. The summed E-state index contributed by atoms with van der Waals surface area (Å²) in [5.74, 6) is 0. The van der Waals surface area contributed by atoms with E-state index in [0.29, 0.717) is 17.2 Å². The predicted octanol–water partition coefficient (Wildman–Crippen LogP) is 3.29. The van der Waals surface area contributed by atoms with Crippen molar-refractivity contribution in [1.29, 1.82) is 0 Å². The minimum absolute atomic E-state index is 0.0594. The summed E-state index contributed by atoms with van der Waals surface area (Å²) in [6.07, 6.45) is -0.0358. The molecule has 0 aliphatic heterocycles. The second-order valence-corrected chi connectivity index (χ2v) is 7.68. The number of hydrogen-bond acceptors (Lipinski definition) is 5. The van der Waals surface area contributed by atoms with E-state index in [4.69, 9.17) is 9.47 Å². The molecule has 136 valence electrons. The summed E-state index contributed by atoms with van der Waals surface area (Å²) in [7, 11) is -0.871. The minimum Gasteiger partial charge on any atom is -0.352 e. The number of aldehydes is 1. The number of hydrogen-bond donors (Lipinski definition) is 0. The summed E-state index contributed by atoms with van der Waals surface area (Å²) < 4.78 is 37.7. The van der Waals surface area contributed by atoms with Crippen molar-refractivity contribution in [3.05, 3.63) is 65.4 Å². The standard InChI is InChI=1S/C19H19NO5S/c1-13-4-7-17(8-5-13)26(22,23)20-16(12-21)11-15-10-14(6-9-18(15)20)19(24-2)25-3/h4-12,19H,1-3H3. The second kappa shape index (κ2) is 7.03. The summed E-state index contributed by atoms with van der Waals surface area (Å²) in [6, 6.07) is 13.2. The van der Waals surface area contributed by atoms with E-state index in [2.05, 4.69) is 0 Å². The van der Waals surface area contributed by atoms with Gasteiger partial charge in [-0.3, -0.25) is 4.79 Å². The van der Waals surface area contributed by atoms with Crippen molar-refractivity contribution in [1.82, 2.24) is 3.97 Å². The van der Waals surface area contributed by atoms with Gasteiger partial charge in [-0.1, -0.05) is 23.8 Å². The zero-order valence-corrected chi connectivity index (χ0v) is 15.5. The average Bonchev–Trinajstić information content (AvgIpc) is 3.02. The molecule has 0 N–H and O–H groups in total. The van der Waals surface area contributed by atoms with Gasteiger partial charge in [-0.15, -0.1) is 0 Å². The molecule has 0 aliphatic rings. The molecule has 3 aromatic rings. The third-order valence-electron chi connectivity index (χ3n) is 4.19. The fourth-order valence-electron chi connectivity index (χ4n) is 2.91. The molecule has 0 fully saturated rings. The molecule has 7 heteroatoms. The Kier molecular flexibility index (Phi) is 4.95. The zero-order chi connectivity index (χ0) is 18.9. The van der Waals surface area contributed by atoms with Crippen LogP contribution in [0, 0.1) is 6.92 Å². The number of fused-ring (bicyclic) bond motifs is 1. The van der Waals surface area contributed by atoms with E-state index < -0.39 is 16.3 Å². The molecule has 0 bridgehead atoms.